The molecule has 1 aliphatic carbocycles. The molecule has 4 rings (SSSR count). The summed E-state index contributed by atoms with van der Waals surface area (Å²) in [6, 6.07) is 1.43. The first-order valence-electron chi connectivity index (χ1n) is 7.58. The fourth-order valence-corrected chi connectivity index (χ4v) is 5.52. The van der Waals surface area contributed by atoms with E-state index in [0.29, 0.717) is 19.0 Å². The van der Waals surface area contributed by atoms with Crippen molar-refractivity contribution in [3.63, 3.8) is 0 Å². The molecular formula is C14H16N4O4S2. The molecule has 0 spiro atoms. The van der Waals surface area contributed by atoms with Crippen LogP contribution >= 0.6 is 11.3 Å². The van der Waals surface area contributed by atoms with E-state index in [1.807, 2.05) is 6.20 Å². The average molecular weight is 368 g/mol. The van der Waals surface area contributed by atoms with Gasteiger partial charge in [0.05, 0.1) is 18.8 Å². The molecule has 2 aliphatic rings. The highest BCUT2D eigenvalue weighted by molar-refractivity contribution is 7.89. The largest absolute Gasteiger partial charge is 0.465 e. The summed E-state index contributed by atoms with van der Waals surface area (Å²) in [4.78, 5) is 11.8. The van der Waals surface area contributed by atoms with E-state index in [1.54, 1.807) is 10.1 Å². The Morgan fingerprint density at radius 1 is 1.38 bits per heavy atom. The van der Waals surface area contributed by atoms with Crippen LogP contribution in [0.1, 0.15) is 40.2 Å². The molecule has 0 bridgehead atoms. The molecular weight excluding hydrogens is 352 g/mol. The lowest BCUT2D eigenvalue weighted by molar-refractivity contribution is 0.0602. The fourth-order valence-electron chi connectivity index (χ4n) is 2.70. The van der Waals surface area contributed by atoms with Gasteiger partial charge >= 0.3 is 5.97 Å². The molecule has 2 fully saturated rings. The minimum atomic E-state index is -3.70. The molecule has 10 heteroatoms. The number of carbonyl (C=O) groups is 1. The maximum Gasteiger partial charge on any atom is 0.349 e. The number of rotatable bonds is 5. The number of carbonyl (C=O) groups excluding carboxylic acids is 1. The number of aromatic nitrogens is 3. The van der Waals surface area contributed by atoms with Crippen LogP contribution in [0.5, 0.6) is 0 Å². The molecule has 1 aliphatic heterocycles. The van der Waals surface area contributed by atoms with Crippen LogP contribution in [0.25, 0.3) is 0 Å². The fraction of sp³-hybridized carbons (Fsp3) is 0.500. The zero-order chi connectivity index (χ0) is 16.9. The number of ether oxygens (including phenoxy) is 1. The van der Waals surface area contributed by atoms with Crippen molar-refractivity contribution in [2.24, 2.45) is 0 Å². The minimum Gasteiger partial charge on any atom is -0.465 e. The number of hydrogen-bond acceptors (Lipinski definition) is 7. The molecule has 24 heavy (non-hydrogen) atoms. The number of esters is 1. The quantitative estimate of drug-likeness (QED) is 0.737. The van der Waals surface area contributed by atoms with Crippen LogP contribution in [0, 0.1) is 0 Å². The molecule has 0 atom stereocenters. The molecule has 1 saturated heterocycles. The zero-order valence-electron chi connectivity index (χ0n) is 13.0. The highest BCUT2D eigenvalue weighted by Crippen LogP contribution is 2.39. The second-order valence-corrected chi connectivity index (χ2v) is 8.80. The van der Waals surface area contributed by atoms with E-state index in [4.69, 9.17) is 0 Å². The van der Waals surface area contributed by atoms with E-state index in [2.05, 4.69) is 15.0 Å². The first kappa shape index (κ1) is 15.7. The molecule has 3 heterocycles. The maximum atomic E-state index is 12.7. The van der Waals surface area contributed by atoms with Crippen molar-refractivity contribution in [2.75, 3.05) is 20.2 Å². The molecule has 128 valence electrons. The average Bonchev–Trinajstić information content (AvgIpc) is 3.05. The van der Waals surface area contributed by atoms with Crippen LogP contribution in [0.4, 0.5) is 0 Å². The minimum absolute atomic E-state index is 0.00931. The van der Waals surface area contributed by atoms with Crippen molar-refractivity contribution < 1.29 is 17.9 Å². The number of hydrogen-bond donors (Lipinski definition) is 0. The number of sulfonamides is 1. The SMILES string of the molecule is COC(=O)c1sccc1S(=O)(=O)N1CC(n2cc(C3CC3)nn2)C1. The summed E-state index contributed by atoms with van der Waals surface area (Å²) in [6.07, 6.45) is 4.22. The van der Waals surface area contributed by atoms with Crippen LogP contribution in [0.3, 0.4) is 0 Å². The molecule has 0 amide bonds. The Hall–Kier alpha value is -1.78. The van der Waals surface area contributed by atoms with Gasteiger partial charge in [-0.1, -0.05) is 5.21 Å². The molecule has 0 N–H and O–H groups in total. The van der Waals surface area contributed by atoms with Crippen LogP contribution in [-0.4, -0.2) is 53.9 Å². The maximum absolute atomic E-state index is 12.7. The predicted molar refractivity (Wildman–Crippen MR) is 85.5 cm³/mol. The number of thiophene rings is 1. The highest BCUT2D eigenvalue weighted by atomic mass is 32.2. The third-order valence-corrected chi connectivity index (χ3v) is 7.24. The summed E-state index contributed by atoms with van der Waals surface area (Å²) in [5, 5.41) is 9.84. The van der Waals surface area contributed by atoms with Crippen LogP contribution in [0.15, 0.2) is 22.5 Å². The lowest BCUT2D eigenvalue weighted by Gasteiger charge is -2.37. The Balaban J connectivity index is 1.49. The first-order chi connectivity index (χ1) is 11.5. The summed E-state index contributed by atoms with van der Waals surface area (Å²) in [5.74, 6) is -0.113. The lowest BCUT2D eigenvalue weighted by Crippen LogP contribution is -2.50. The summed E-state index contributed by atoms with van der Waals surface area (Å²) < 4.78 is 33.1. The summed E-state index contributed by atoms with van der Waals surface area (Å²) in [7, 11) is -2.46. The van der Waals surface area contributed by atoms with Crippen molar-refractivity contribution in [1.29, 1.82) is 0 Å². The van der Waals surface area contributed by atoms with Gasteiger partial charge in [0.2, 0.25) is 10.0 Å². The molecule has 0 radical (unpaired) electrons. The van der Waals surface area contributed by atoms with Crippen LogP contribution < -0.4 is 0 Å². The Bertz CT molecular complexity index is 878. The Kier molecular flexibility index (Phi) is 3.70. The highest BCUT2D eigenvalue weighted by Gasteiger charge is 2.41. The van der Waals surface area contributed by atoms with Gasteiger partial charge < -0.3 is 4.74 Å². The molecule has 0 aromatic carbocycles. The van der Waals surface area contributed by atoms with Crippen molar-refractivity contribution in [1.82, 2.24) is 19.3 Å². The zero-order valence-corrected chi connectivity index (χ0v) is 14.6. The summed E-state index contributed by atoms with van der Waals surface area (Å²) in [5.41, 5.74) is 0.988. The monoisotopic (exact) mass is 368 g/mol. The normalized spacial score (nSPS) is 19.2. The standard InChI is InChI=1S/C14H16N4O4S2/c1-22-14(19)13-12(4-5-23-13)24(20,21)17-6-10(7-17)18-8-11(15-16-18)9-2-3-9/h4-5,8-10H,2-3,6-7H2,1H3. The van der Waals surface area contributed by atoms with Gasteiger partial charge in [-0.25, -0.2) is 17.9 Å². The second-order valence-electron chi connectivity index (χ2n) is 5.98. The Morgan fingerprint density at radius 2 is 2.12 bits per heavy atom. The van der Waals surface area contributed by atoms with E-state index in [-0.39, 0.29) is 15.8 Å². The van der Waals surface area contributed by atoms with E-state index < -0.39 is 16.0 Å². The third kappa shape index (κ3) is 2.54. The van der Waals surface area contributed by atoms with E-state index >= 15 is 0 Å². The lowest BCUT2D eigenvalue weighted by atomic mass is 10.2. The van der Waals surface area contributed by atoms with Gasteiger partial charge in [0.1, 0.15) is 9.77 Å². The molecule has 2 aromatic heterocycles. The smallest absolute Gasteiger partial charge is 0.349 e. The number of methoxy groups -OCH3 is 1. The van der Waals surface area contributed by atoms with Gasteiger partial charge in [0.15, 0.2) is 0 Å². The van der Waals surface area contributed by atoms with Gasteiger partial charge in [0, 0.05) is 25.2 Å². The van der Waals surface area contributed by atoms with Crippen molar-refractivity contribution in [2.45, 2.75) is 29.7 Å². The molecule has 1 saturated carbocycles. The molecule has 0 unspecified atom stereocenters. The molecule has 2 aromatic rings. The van der Waals surface area contributed by atoms with E-state index in [9.17, 15) is 13.2 Å². The van der Waals surface area contributed by atoms with Gasteiger partial charge in [-0.05, 0) is 24.3 Å². The topological polar surface area (TPSA) is 94.4 Å². The van der Waals surface area contributed by atoms with Crippen molar-refractivity contribution in [3.05, 3.63) is 28.2 Å². The number of nitrogens with zero attached hydrogens (tertiary/aromatic N) is 4. The summed E-state index contributed by atoms with van der Waals surface area (Å²) in [6.45, 7) is 0.651. The first-order valence-corrected chi connectivity index (χ1v) is 9.90. The van der Waals surface area contributed by atoms with Crippen molar-refractivity contribution in [3.8, 4) is 0 Å². The van der Waals surface area contributed by atoms with E-state index in [1.165, 1.54) is 17.5 Å². The van der Waals surface area contributed by atoms with E-state index in [0.717, 1.165) is 29.9 Å². The van der Waals surface area contributed by atoms with Crippen molar-refractivity contribution >= 4 is 27.3 Å². The van der Waals surface area contributed by atoms with Gasteiger partial charge in [-0.3, -0.25) is 0 Å². The Morgan fingerprint density at radius 3 is 2.79 bits per heavy atom. The van der Waals surface area contributed by atoms with Crippen LogP contribution in [-0.2, 0) is 14.8 Å². The predicted octanol–water partition coefficient (Wildman–Crippen LogP) is 1.25. The summed E-state index contributed by atoms with van der Waals surface area (Å²) >= 11 is 1.06. The van der Waals surface area contributed by atoms with Gasteiger partial charge in [-0.2, -0.15) is 4.31 Å². The second kappa shape index (κ2) is 5.64. The Labute approximate surface area is 143 Å². The molecule has 8 nitrogen and oxygen atoms in total. The van der Waals surface area contributed by atoms with Gasteiger partial charge in [0.25, 0.3) is 0 Å². The third-order valence-electron chi connectivity index (χ3n) is 4.34. The van der Waals surface area contributed by atoms with Crippen LogP contribution in [0.2, 0.25) is 0 Å². The van der Waals surface area contributed by atoms with Gasteiger partial charge in [-0.15, -0.1) is 16.4 Å².